The lowest BCUT2D eigenvalue weighted by Gasteiger charge is -2.13. The van der Waals surface area contributed by atoms with Crippen molar-refractivity contribution in [3.8, 4) is 0 Å². The van der Waals surface area contributed by atoms with E-state index in [-0.39, 0.29) is 12.3 Å². The maximum atomic E-state index is 11.0. The molecule has 0 aromatic rings. The first kappa shape index (κ1) is 16.1. The van der Waals surface area contributed by atoms with E-state index in [4.69, 9.17) is 14.2 Å². The summed E-state index contributed by atoms with van der Waals surface area (Å²) in [4.78, 5) is 11.0. The molecule has 17 heavy (non-hydrogen) atoms. The smallest absolute Gasteiger partial charge is 0.333 e. The molecule has 4 heteroatoms. The van der Waals surface area contributed by atoms with Crippen LogP contribution in [0.4, 0.5) is 0 Å². The van der Waals surface area contributed by atoms with Crippen molar-refractivity contribution in [1.82, 2.24) is 0 Å². The SMILES string of the molecule is C=C(C)C(=O)OCCCOC(C)OCCCC. The van der Waals surface area contributed by atoms with E-state index in [9.17, 15) is 4.79 Å². The second-order valence-corrected chi connectivity index (χ2v) is 3.93. The van der Waals surface area contributed by atoms with E-state index in [1.807, 2.05) is 6.92 Å². The van der Waals surface area contributed by atoms with E-state index in [0.29, 0.717) is 25.2 Å². The maximum absolute atomic E-state index is 11.0. The fourth-order valence-corrected chi connectivity index (χ4v) is 1.04. The van der Waals surface area contributed by atoms with E-state index in [0.717, 1.165) is 19.4 Å². The zero-order chi connectivity index (χ0) is 13.1. The molecule has 0 heterocycles. The van der Waals surface area contributed by atoms with E-state index >= 15 is 0 Å². The Kier molecular flexibility index (Phi) is 9.77. The Hall–Kier alpha value is -0.870. The van der Waals surface area contributed by atoms with Gasteiger partial charge in [-0.1, -0.05) is 19.9 Å². The summed E-state index contributed by atoms with van der Waals surface area (Å²) in [6.45, 7) is 10.7. The van der Waals surface area contributed by atoms with Gasteiger partial charge in [-0.3, -0.25) is 0 Å². The summed E-state index contributed by atoms with van der Waals surface area (Å²) in [6, 6.07) is 0. The van der Waals surface area contributed by atoms with Crippen molar-refractivity contribution in [2.45, 2.75) is 46.3 Å². The minimum absolute atomic E-state index is 0.196. The normalized spacial score (nSPS) is 12.2. The van der Waals surface area contributed by atoms with Crippen molar-refractivity contribution in [2.75, 3.05) is 19.8 Å². The number of carbonyl (C=O) groups is 1. The topological polar surface area (TPSA) is 44.8 Å². The molecule has 0 spiro atoms. The monoisotopic (exact) mass is 244 g/mol. The highest BCUT2D eigenvalue weighted by molar-refractivity contribution is 5.86. The number of esters is 1. The minimum Gasteiger partial charge on any atom is -0.462 e. The summed E-state index contributed by atoms with van der Waals surface area (Å²) in [5.74, 6) is -0.350. The average Bonchev–Trinajstić information content (AvgIpc) is 2.28. The molecular weight excluding hydrogens is 220 g/mol. The summed E-state index contributed by atoms with van der Waals surface area (Å²) in [5.41, 5.74) is 0.419. The largest absolute Gasteiger partial charge is 0.462 e. The lowest BCUT2D eigenvalue weighted by atomic mass is 10.4. The molecule has 1 unspecified atom stereocenters. The number of rotatable bonds is 10. The van der Waals surface area contributed by atoms with Crippen molar-refractivity contribution in [1.29, 1.82) is 0 Å². The van der Waals surface area contributed by atoms with E-state index in [1.165, 1.54) is 0 Å². The first-order chi connectivity index (χ1) is 8.07. The number of unbranched alkanes of at least 4 members (excludes halogenated alkanes) is 1. The van der Waals surface area contributed by atoms with Gasteiger partial charge in [-0.2, -0.15) is 0 Å². The average molecular weight is 244 g/mol. The third-order valence-corrected chi connectivity index (χ3v) is 2.07. The van der Waals surface area contributed by atoms with Crippen LogP contribution in [0.1, 0.15) is 40.0 Å². The molecule has 0 N–H and O–H groups in total. The van der Waals surface area contributed by atoms with E-state index < -0.39 is 0 Å². The fraction of sp³-hybridized carbons (Fsp3) is 0.769. The Balaban J connectivity index is 3.33. The molecule has 4 nitrogen and oxygen atoms in total. The Morgan fingerprint density at radius 3 is 2.29 bits per heavy atom. The van der Waals surface area contributed by atoms with Crippen LogP contribution in [-0.2, 0) is 19.0 Å². The number of carbonyl (C=O) groups excluding carboxylic acids is 1. The summed E-state index contributed by atoms with van der Waals surface area (Å²) in [6.07, 6.45) is 2.63. The first-order valence-electron chi connectivity index (χ1n) is 6.13. The predicted octanol–water partition coefficient (Wildman–Crippen LogP) is 2.68. The van der Waals surface area contributed by atoms with Crippen LogP contribution in [0.5, 0.6) is 0 Å². The molecule has 0 amide bonds. The maximum Gasteiger partial charge on any atom is 0.333 e. The van der Waals surface area contributed by atoms with Gasteiger partial charge < -0.3 is 14.2 Å². The van der Waals surface area contributed by atoms with Gasteiger partial charge in [0, 0.05) is 18.6 Å². The van der Waals surface area contributed by atoms with Gasteiger partial charge in [-0.15, -0.1) is 0 Å². The molecule has 0 aromatic heterocycles. The van der Waals surface area contributed by atoms with Crippen LogP contribution in [-0.4, -0.2) is 32.1 Å². The van der Waals surface area contributed by atoms with Gasteiger partial charge >= 0.3 is 5.97 Å². The number of ether oxygens (including phenoxy) is 3. The fourth-order valence-electron chi connectivity index (χ4n) is 1.04. The Labute approximate surface area is 104 Å². The molecule has 0 aromatic carbocycles. The summed E-state index contributed by atoms with van der Waals surface area (Å²) >= 11 is 0. The lowest BCUT2D eigenvalue weighted by Crippen LogP contribution is -2.16. The number of hydrogen-bond donors (Lipinski definition) is 0. The van der Waals surface area contributed by atoms with Crippen LogP contribution in [0.2, 0.25) is 0 Å². The Morgan fingerprint density at radius 2 is 1.76 bits per heavy atom. The first-order valence-corrected chi connectivity index (χ1v) is 6.13. The van der Waals surface area contributed by atoms with Crippen molar-refractivity contribution < 1.29 is 19.0 Å². The molecule has 0 rings (SSSR count). The van der Waals surface area contributed by atoms with Crippen molar-refractivity contribution in [3.63, 3.8) is 0 Å². The summed E-state index contributed by atoms with van der Waals surface area (Å²) < 4.78 is 15.7. The number of hydrogen-bond acceptors (Lipinski definition) is 4. The van der Waals surface area contributed by atoms with Gasteiger partial charge in [-0.05, 0) is 20.3 Å². The molecule has 0 aliphatic carbocycles. The second kappa shape index (κ2) is 10.3. The third kappa shape index (κ3) is 10.0. The van der Waals surface area contributed by atoms with E-state index in [2.05, 4.69) is 13.5 Å². The summed E-state index contributed by atoms with van der Waals surface area (Å²) in [7, 11) is 0. The van der Waals surface area contributed by atoms with Gasteiger partial charge in [0.1, 0.15) is 0 Å². The molecule has 100 valence electrons. The molecule has 0 saturated carbocycles. The van der Waals surface area contributed by atoms with Gasteiger partial charge in [0.25, 0.3) is 0 Å². The molecule has 0 fully saturated rings. The lowest BCUT2D eigenvalue weighted by molar-refractivity contribution is -0.143. The van der Waals surface area contributed by atoms with Crippen LogP contribution in [0.3, 0.4) is 0 Å². The highest BCUT2D eigenvalue weighted by atomic mass is 16.7. The second-order valence-electron chi connectivity index (χ2n) is 3.93. The quantitative estimate of drug-likeness (QED) is 0.256. The van der Waals surface area contributed by atoms with Crippen LogP contribution >= 0.6 is 0 Å². The van der Waals surface area contributed by atoms with Crippen LogP contribution < -0.4 is 0 Å². The minimum atomic E-state index is -0.350. The van der Waals surface area contributed by atoms with Crippen molar-refractivity contribution in [3.05, 3.63) is 12.2 Å². The van der Waals surface area contributed by atoms with Crippen molar-refractivity contribution in [2.24, 2.45) is 0 Å². The molecular formula is C13H24O4. The zero-order valence-electron chi connectivity index (χ0n) is 11.2. The predicted molar refractivity (Wildman–Crippen MR) is 66.7 cm³/mol. The zero-order valence-corrected chi connectivity index (χ0v) is 11.2. The Bertz CT molecular complexity index is 225. The van der Waals surface area contributed by atoms with Crippen LogP contribution in [0.25, 0.3) is 0 Å². The third-order valence-electron chi connectivity index (χ3n) is 2.07. The van der Waals surface area contributed by atoms with Gasteiger partial charge in [-0.25, -0.2) is 4.79 Å². The molecule has 0 bridgehead atoms. The highest BCUT2D eigenvalue weighted by Crippen LogP contribution is 1.99. The molecule has 0 aliphatic heterocycles. The standard InChI is InChI=1S/C13H24O4/c1-5-6-8-15-12(4)16-9-7-10-17-13(14)11(2)3/h12H,2,5-10H2,1,3-4H3. The van der Waals surface area contributed by atoms with Crippen LogP contribution in [0.15, 0.2) is 12.2 Å². The Morgan fingerprint density at radius 1 is 1.18 bits per heavy atom. The van der Waals surface area contributed by atoms with Crippen LogP contribution in [0, 0.1) is 0 Å². The molecule has 0 saturated heterocycles. The van der Waals surface area contributed by atoms with E-state index in [1.54, 1.807) is 6.92 Å². The summed E-state index contributed by atoms with van der Waals surface area (Å²) in [5, 5.41) is 0. The van der Waals surface area contributed by atoms with Gasteiger partial charge in [0.15, 0.2) is 6.29 Å². The van der Waals surface area contributed by atoms with Gasteiger partial charge in [0.2, 0.25) is 0 Å². The molecule has 0 aliphatic rings. The molecule has 0 radical (unpaired) electrons. The molecule has 1 atom stereocenters. The van der Waals surface area contributed by atoms with Crippen molar-refractivity contribution >= 4 is 5.97 Å². The highest BCUT2D eigenvalue weighted by Gasteiger charge is 2.04. The van der Waals surface area contributed by atoms with Gasteiger partial charge in [0.05, 0.1) is 13.2 Å².